The van der Waals surface area contributed by atoms with Crippen LogP contribution >= 0.6 is 11.3 Å². The highest BCUT2D eigenvalue weighted by molar-refractivity contribution is 7.18. The second kappa shape index (κ2) is 9.47. The molecule has 1 aromatic carbocycles. The van der Waals surface area contributed by atoms with E-state index >= 15 is 0 Å². The van der Waals surface area contributed by atoms with Crippen molar-refractivity contribution in [2.24, 2.45) is 0 Å². The Labute approximate surface area is 170 Å². The molecule has 152 valence electrons. The Kier molecular flexibility index (Phi) is 7.02. The first-order valence-electron chi connectivity index (χ1n) is 10.1. The standard InChI is InChI=1S/C21H30N4O2S/c1-4-24(13-19(26)22-15(2)3)14-20(27)25-11-7-8-16(12-25)21-23-17-9-5-6-10-18(17)28-21/h5-6,9-10,15-16H,4,7-8,11-14H2,1-3H3,(H,22,26)/t16-/m1/s1. The summed E-state index contributed by atoms with van der Waals surface area (Å²) in [5.74, 6) is 0.370. The number of fused-ring (bicyclic) bond motifs is 1. The highest BCUT2D eigenvalue weighted by Gasteiger charge is 2.28. The van der Waals surface area contributed by atoms with Gasteiger partial charge in [0.05, 0.1) is 28.3 Å². The Morgan fingerprint density at radius 2 is 2.11 bits per heavy atom. The number of hydrogen-bond donors (Lipinski definition) is 1. The van der Waals surface area contributed by atoms with E-state index in [0.29, 0.717) is 19.0 Å². The van der Waals surface area contributed by atoms with Gasteiger partial charge in [-0.2, -0.15) is 0 Å². The van der Waals surface area contributed by atoms with E-state index in [-0.39, 0.29) is 30.9 Å². The summed E-state index contributed by atoms with van der Waals surface area (Å²) in [4.78, 5) is 33.5. The number of nitrogens with one attached hydrogen (secondary N) is 1. The molecule has 0 saturated carbocycles. The number of carbonyl (C=O) groups excluding carboxylic acids is 2. The quantitative estimate of drug-likeness (QED) is 0.773. The molecule has 2 amide bonds. The minimum absolute atomic E-state index is 0.0318. The number of para-hydroxylation sites is 1. The van der Waals surface area contributed by atoms with Crippen LogP contribution in [-0.4, -0.2) is 65.4 Å². The number of aromatic nitrogens is 1. The zero-order valence-electron chi connectivity index (χ0n) is 17.0. The first kappa shape index (κ1) is 20.7. The molecule has 1 N–H and O–H groups in total. The lowest BCUT2D eigenvalue weighted by Gasteiger charge is -2.33. The van der Waals surface area contributed by atoms with Gasteiger partial charge in [-0.25, -0.2) is 4.98 Å². The van der Waals surface area contributed by atoms with Crippen LogP contribution in [0.15, 0.2) is 24.3 Å². The Morgan fingerprint density at radius 1 is 1.32 bits per heavy atom. The monoisotopic (exact) mass is 402 g/mol. The van der Waals surface area contributed by atoms with Crippen LogP contribution in [-0.2, 0) is 9.59 Å². The van der Waals surface area contributed by atoms with E-state index in [1.807, 2.05) is 48.8 Å². The third-order valence-electron chi connectivity index (χ3n) is 5.06. The van der Waals surface area contributed by atoms with Gasteiger partial charge >= 0.3 is 0 Å². The van der Waals surface area contributed by atoms with Crippen LogP contribution < -0.4 is 5.32 Å². The van der Waals surface area contributed by atoms with Crippen LogP contribution in [0.1, 0.15) is 44.5 Å². The number of rotatable bonds is 7. The van der Waals surface area contributed by atoms with E-state index in [4.69, 9.17) is 4.98 Å². The minimum Gasteiger partial charge on any atom is -0.353 e. The molecule has 0 unspecified atom stereocenters. The van der Waals surface area contributed by atoms with Crippen molar-refractivity contribution in [2.75, 3.05) is 32.7 Å². The second-order valence-electron chi connectivity index (χ2n) is 7.72. The maximum absolute atomic E-state index is 12.9. The maximum Gasteiger partial charge on any atom is 0.236 e. The molecule has 2 aromatic rings. The number of likely N-dealkylation sites (tertiary alicyclic amines) is 1. The topological polar surface area (TPSA) is 65.5 Å². The summed E-state index contributed by atoms with van der Waals surface area (Å²) in [7, 11) is 0. The van der Waals surface area contributed by atoms with Crippen molar-refractivity contribution in [1.29, 1.82) is 0 Å². The van der Waals surface area contributed by atoms with Crippen molar-refractivity contribution in [1.82, 2.24) is 20.1 Å². The number of benzene rings is 1. The normalized spacial score (nSPS) is 17.5. The third kappa shape index (κ3) is 5.29. The number of amides is 2. The van der Waals surface area contributed by atoms with Crippen LogP contribution in [0.25, 0.3) is 10.2 Å². The van der Waals surface area contributed by atoms with Crippen LogP contribution in [0.5, 0.6) is 0 Å². The fourth-order valence-corrected chi connectivity index (χ4v) is 4.70. The smallest absolute Gasteiger partial charge is 0.236 e. The number of likely N-dealkylation sites (N-methyl/N-ethyl adjacent to an activating group) is 1. The van der Waals surface area contributed by atoms with Crippen LogP contribution in [0.4, 0.5) is 0 Å². The molecule has 1 aliphatic heterocycles. The molecule has 7 heteroatoms. The zero-order valence-corrected chi connectivity index (χ0v) is 17.8. The molecule has 1 aromatic heterocycles. The molecule has 6 nitrogen and oxygen atoms in total. The van der Waals surface area contributed by atoms with Gasteiger partial charge in [-0.1, -0.05) is 19.1 Å². The lowest BCUT2D eigenvalue weighted by molar-refractivity contribution is -0.134. The molecular formula is C21H30N4O2S. The predicted octanol–water partition coefficient (Wildman–Crippen LogP) is 2.85. The van der Waals surface area contributed by atoms with Crippen molar-refractivity contribution < 1.29 is 9.59 Å². The van der Waals surface area contributed by atoms with Gasteiger partial charge in [0, 0.05) is 25.0 Å². The van der Waals surface area contributed by atoms with Crippen molar-refractivity contribution >= 4 is 33.4 Å². The van der Waals surface area contributed by atoms with Gasteiger partial charge < -0.3 is 10.2 Å². The molecule has 2 heterocycles. The SMILES string of the molecule is CCN(CC(=O)NC(C)C)CC(=O)N1CCC[C@@H](c2nc3ccccc3s2)C1. The molecule has 0 radical (unpaired) electrons. The Hall–Kier alpha value is -1.99. The average molecular weight is 403 g/mol. The fraction of sp³-hybridized carbons (Fsp3) is 0.571. The predicted molar refractivity (Wildman–Crippen MR) is 114 cm³/mol. The first-order valence-corrected chi connectivity index (χ1v) is 10.9. The van der Waals surface area contributed by atoms with Crippen LogP contribution in [0, 0.1) is 0 Å². The van der Waals surface area contributed by atoms with E-state index in [9.17, 15) is 9.59 Å². The highest BCUT2D eigenvalue weighted by Crippen LogP contribution is 2.32. The summed E-state index contributed by atoms with van der Waals surface area (Å²) in [6.45, 7) is 8.58. The van der Waals surface area contributed by atoms with E-state index in [0.717, 1.165) is 29.9 Å². The highest BCUT2D eigenvalue weighted by atomic mass is 32.1. The summed E-state index contributed by atoms with van der Waals surface area (Å²) >= 11 is 1.74. The molecule has 1 saturated heterocycles. The van der Waals surface area contributed by atoms with Gasteiger partial charge in [-0.3, -0.25) is 14.5 Å². The number of hydrogen-bond acceptors (Lipinski definition) is 5. The molecular weight excluding hydrogens is 372 g/mol. The molecule has 3 rings (SSSR count). The van der Waals surface area contributed by atoms with Gasteiger partial charge in [0.2, 0.25) is 11.8 Å². The lowest BCUT2D eigenvalue weighted by Crippen LogP contribution is -2.47. The Balaban J connectivity index is 1.59. The number of nitrogens with zero attached hydrogens (tertiary/aromatic N) is 3. The summed E-state index contributed by atoms with van der Waals surface area (Å²) < 4.78 is 1.20. The summed E-state index contributed by atoms with van der Waals surface area (Å²) in [5.41, 5.74) is 1.04. The van der Waals surface area contributed by atoms with Gasteiger partial charge in [0.1, 0.15) is 0 Å². The lowest BCUT2D eigenvalue weighted by atomic mass is 9.98. The first-order chi connectivity index (χ1) is 13.5. The average Bonchev–Trinajstić information content (AvgIpc) is 3.11. The van der Waals surface area contributed by atoms with E-state index < -0.39 is 0 Å². The molecule has 1 aliphatic rings. The van der Waals surface area contributed by atoms with E-state index in [1.54, 1.807) is 11.3 Å². The molecule has 1 atom stereocenters. The van der Waals surface area contributed by atoms with Crippen molar-refractivity contribution in [2.45, 2.75) is 45.6 Å². The van der Waals surface area contributed by atoms with Gasteiger partial charge in [0.25, 0.3) is 0 Å². The second-order valence-corrected chi connectivity index (χ2v) is 8.79. The van der Waals surface area contributed by atoms with E-state index in [2.05, 4.69) is 11.4 Å². The summed E-state index contributed by atoms with van der Waals surface area (Å²) in [6, 6.07) is 8.30. The molecule has 0 spiro atoms. The largest absolute Gasteiger partial charge is 0.353 e. The fourth-order valence-electron chi connectivity index (χ4n) is 3.61. The van der Waals surface area contributed by atoms with Crippen molar-refractivity contribution in [3.05, 3.63) is 29.3 Å². The molecule has 28 heavy (non-hydrogen) atoms. The van der Waals surface area contributed by atoms with Gasteiger partial charge in [0.15, 0.2) is 0 Å². The Morgan fingerprint density at radius 3 is 2.82 bits per heavy atom. The van der Waals surface area contributed by atoms with Crippen LogP contribution in [0.2, 0.25) is 0 Å². The third-order valence-corrected chi connectivity index (χ3v) is 6.26. The minimum atomic E-state index is -0.0318. The zero-order chi connectivity index (χ0) is 20.1. The maximum atomic E-state index is 12.9. The number of carbonyl (C=O) groups is 2. The Bertz CT molecular complexity index is 787. The molecule has 0 aliphatic carbocycles. The number of thiazole rings is 1. The molecule has 1 fully saturated rings. The van der Waals surface area contributed by atoms with Crippen molar-refractivity contribution in [3.8, 4) is 0 Å². The summed E-state index contributed by atoms with van der Waals surface area (Å²) in [6.07, 6.45) is 2.06. The van der Waals surface area contributed by atoms with Crippen LogP contribution in [0.3, 0.4) is 0 Å². The number of piperidine rings is 1. The van der Waals surface area contributed by atoms with Gasteiger partial charge in [-0.05, 0) is 45.4 Å². The summed E-state index contributed by atoms with van der Waals surface area (Å²) in [5, 5.41) is 4.02. The van der Waals surface area contributed by atoms with E-state index in [1.165, 1.54) is 4.70 Å². The van der Waals surface area contributed by atoms with Crippen molar-refractivity contribution in [3.63, 3.8) is 0 Å². The molecule has 0 bridgehead atoms. The van der Waals surface area contributed by atoms with Gasteiger partial charge in [-0.15, -0.1) is 11.3 Å².